The van der Waals surface area contributed by atoms with Crippen LogP contribution in [-0.4, -0.2) is 52.8 Å². The predicted molar refractivity (Wildman–Crippen MR) is 99.7 cm³/mol. The highest BCUT2D eigenvalue weighted by Crippen LogP contribution is 2.25. The molecule has 3 heterocycles. The smallest absolute Gasteiger partial charge is 0.409 e. The molecule has 146 valence electrons. The summed E-state index contributed by atoms with van der Waals surface area (Å²) in [7, 11) is 0. The average Bonchev–Trinajstić information content (AvgIpc) is 3.02. The number of rotatable bonds is 4. The first-order valence-electron chi connectivity index (χ1n) is 9.40. The van der Waals surface area contributed by atoms with Crippen molar-refractivity contribution in [2.75, 3.05) is 19.7 Å². The molecule has 1 fully saturated rings. The minimum Gasteiger partial charge on any atom is -0.450 e. The van der Waals surface area contributed by atoms with Crippen molar-refractivity contribution < 1.29 is 18.8 Å². The second-order valence-electron chi connectivity index (χ2n) is 7.13. The summed E-state index contributed by atoms with van der Waals surface area (Å²) in [6, 6.07) is 1.83. The van der Waals surface area contributed by atoms with Gasteiger partial charge in [0.2, 0.25) is 0 Å². The Morgan fingerprint density at radius 1 is 1.37 bits per heavy atom. The maximum absolute atomic E-state index is 13.0. The van der Waals surface area contributed by atoms with Gasteiger partial charge in [-0.1, -0.05) is 19.0 Å². The van der Waals surface area contributed by atoms with Gasteiger partial charge in [0.05, 0.1) is 23.3 Å². The minimum atomic E-state index is -0.292. The van der Waals surface area contributed by atoms with E-state index >= 15 is 0 Å². The van der Waals surface area contributed by atoms with Crippen LogP contribution in [0.25, 0.3) is 11.1 Å². The maximum atomic E-state index is 13.0. The number of hydrogen-bond donors (Lipinski definition) is 1. The summed E-state index contributed by atoms with van der Waals surface area (Å²) in [4.78, 5) is 30.9. The molecule has 0 spiro atoms. The van der Waals surface area contributed by atoms with Crippen molar-refractivity contribution in [3.63, 3.8) is 0 Å². The first kappa shape index (κ1) is 19.1. The number of amides is 2. The van der Waals surface area contributed by atoms with Gasteiger partial charge in [0, 0.05) is 24.8 Å². The van der Waals surface area contributed by atoms with Crippen molar-refractivity contribution in [2.24, 2.45) is 0 Å². The summed E-state index contributed by atoms with van der Waals surface area (Å²) in [5, 5.41) is 7.70. The highest BCUT2D eigenvalue weighted by Gasteiger charge is 2.26. The Morgan fingerprint density at radius 3 is 2.70 bits per heavy atom. The van der Waals surface area contributed by atoms with Crippen LogP contribution in [-0.2, 0) is 4.74 Å². The molecular formula is C19H26N4O4. The van der Waals surface area contributed by atoms with Crippen LogP contribution in [0.2, 0.25) is 0 Å². The maximum Gasteiger partial charge on any atom is 0.409 e. The van der Waals surface area contributed by atoms with Crippen LogP contribution in [0.15, 0.2) is 10.6 Å². The van der Waals surface area contributed by atoms with Crippen LogP contribution in [0.5, 0.6) is 0 Å². The summed E-state index contributed by atoms with van der Waals surface area (Å²) in [5.41, 5.74) is 2.37. The van der Waals surface area contributed by atoms with E-state index in [9.17, 15) is 9.59 Å². The number of nitrogens with one attached hydrogen (secondary N) is 1. The van der Waals surface area contributed by atoms with E-state index in [2.05, 4.69) is 15.5 Å². The van der Waals surface area contributed by atoms with Gasteiger partial charge >= 0.3 is 6.09 Å². The van der Waals surface area contributed by atoms with Crippen molar-refractivity contribution >= 4 is 23.1 Å². The molecule has 1 saturated heterocycles. The van der Waals surface area contributed by atoms with E-state index in [4.69, 9.17) is 9.26 Å². The highest BCUT2D eigenvalue weighted by molar-refractivity contribution is 6.06. The van der Waals surface area contributed by atoms with Crippen molar-refractivity contribution in [3.8, 4) is 0 Å². The molecular weight excluding hydrogens is 348 g/mol. The molecule has 0 atom stereocenters. The molecule has 1 N–H and O–H groups in total. The van der Waals surface area contributed by atoms with Crippen molar-refractivity contribution in [1.29, 1.82) is 0 Å². The molecule has 8 nitrogen and oxygen atoms in total. The molecule has 3 rings (SSSR count). The largest absolute Gasteiger partial charge is 0.450 e. The average molecular weight is 374 g/mol. The quantitative estimate of drug-likeness (QED) is 0.883. The van der Waals surface area contributed by atoms with Gasteiger partial charge in [-0.25, -0.2) is 9.78 Å². The topological polar surface area (TPSA) is 97.6 Å². The lowest BCUT2D eigenvalue weighted by atomic mass is 10.0. The molecule has 0 aliphatic carbocycles. The van der Waals surface area contributed by atoms with Gasteiger partial charge in [-0.05, 0) is 38.7 Å². The number of carbonyl (C=O) groups excluding carboxylic acids is 2. The molecule has 27 heavy (non-hydrogen) atoms. The molecule has 0 radical (unpaired) electrons. The van der Waals surface area contributed by atoms with E-state index in [0.29, 0.717) is 54.9 Å². The van der Waals surface area contributed by atoms with Crippen molar-refractivity contribution in [2.45, 2.75) is 52.5 Å². The van der Waals surface area contributed by atoms with Gasteiger partial charge in [0.1, 0.15) is 0 Å². The van der Waals surface area contributed by atoms with E-state index in [1.54, 1.807) is 18.7 Å². The Kier molecular flexibility index (Phi) is 5.62. The third-order valence-corrected chi connectivity index (χ3v) is 4.83. The number of hydrogen-bond acceptors (Lipinski definition) is 6. The summed E-state index contributed by atoms with van der Waals surface area (Å²) < 4.78 is 10.3. The van der Waals surface area contributed by atoms with Gasteiger partial charge in [-0.3, -0.25) is 4.79 Å². The van der Waals surface area contributed by atoms with Crippen LogP contribution in [0.1, 0.15) is 61.3 Å². The number of fused-ring (bicyclic) bond motifs is 1. The number of aryl methyl sites for hydroxylation is 1. The fourth-order valence-corrected chi connectivity index (χ4v) is 3.27. The lowest BCUT2D eigenvalue weighted by Crippen LogP contribution is -2.46. The SMILES string of the molecule is CCOC(=O)N1CCC(NC(=O)c2cc(C(C)C)nc3onc(C)c23)CC1. The third-order valence-electron chi connectivity index (χ3n) is 4.83. The highest BCUT2D eigenvalue weighted by atomic mass is 16.6. The van der Waals surface area contributed by atoms with Gasteiger partial charge in [0.15, 0.2) is 0 Å². The molecule has 0 aromatic carbocycles. The number of aromatic nitrogens is 2. The molecule has 0 saturated carbocycles. The number of ether oxygens (including phenoxy) is 1. The standard InChI is InChI=1S/C19H26N4O4/c1-5-26-19(25)23-8-6-13(7-9-23)20-17(24)14-10-15(11(2)3)21-18-16(14)12(4)22-27-18/h10-11,13H,5-9H2,1-4H3,(H,20,24). The summed E-state index contributed by atoms with van der Waals surface area (Å²) >= 11 is 0. The molecule has 2 aromatic rings. The fraction of sp³-hybridized carbons (Fsp3) is 0.579. The van der Waals surface area contributed by atoms with Crippen LogP contribution in [0.3, 0.4) is 0 Å². The monoisotopic (exact) mass is 374 g/mol. The second-order valence-corrected chi connectivity index (χ2v) is 7.13. The second kappa shape index (κ2) is 7.94. The number of piperidine rings is 1. The predicted octanol–water partition coefficient (Wildman–Crippen LogP) is 3.01. The lowest BCUT2D eigenvalue weighted by Gasteiger charge is -2.31. The molecule has 1 aliphatic rings. The van der Waals surface area contributed by atoms with Crippen LogP contribution in [0, 0.1) is 6.92 Å². The number of nitrogens with zero attached hydrogens (tertiary/aromatic N) is 3. The zero-order chi connectivity index (χ0) is 19.6. The van der Waals surface area contributed by atoms with Crippen LogP contribution < -0.4 is 5.32 Å². The minimum absolute atomic E-state index is 0.00839. The molecule has 2 amide bonds. The van der Waals surface area contributed by atoms with E-state index in [0.717, 1.165) is 5.69 Å². The summed E-state index contributed by atoms with van der Waals surface area (Å²) in [6.45, 7) is 9.13. The molecule has 1 aliphatic heterocycles. The van der Waals surface area contributed by atoms with Gasteiger partial charge < -0.3 is 19.5 Å². The number of likely N-dealkylation sites (tertiary alicyclic amines) is 1. The third kappa shape index (κ3) is 4.04. The normalized spacial score (nSPS) is 15.4. The summed E-state index contributed by atoms with van der Waals surface area (Å²) in [6.07, 6.45) is 1.09. The van der Waals surface area contributed by atoms with Crippen LogP contribution in [0.4, 0.5) is 4.79 Å². The summed E-state index contributed by atoms with van der Waals surface area (Å²) in [5.74, 6) is 0.00403. The first-order chi connectivity index (χ1) is 12.9. The van der Waals surface area contributed by atoms with Gasteiger partial charge in [0.25, 0.3) is 11.6 Å². The Labute approximate surface area is 158 Å². The molecule has 0 bridgehead atoms. The van der Waals surface area contributed by atoms with Gasteiger partial charge in [-0.2, -0.15) is 0 Å². The number of carbonyl (C=O) groups is 2. The molecule has 8 heteroatoms. The van der Waals surface area contributed by atoms with Gasteiger partial charge in [-0.15, -0.1) is 0 Å². The van der Waals surface area contributed by atoms with E-state index < -0.39 is 0 Å². The molecule has 0 unspecified atom stereocenters. The Morgan fingerprint density at radius 2 is 2.07 bits per heavy atom. The first-order valence-corrected chi connectivity index (χ1v) is 9.40. The van der Waals surface area contributed by atoms with Crippen molar-refractivity contribution in [1.82, 2.24) is 20.4 Å². The Bertz CT molecular complexity index is 838. The Balaban J connectivity index is 1.73. The van der Waals surface area contributed by atoms with Crippen molar-refractivity contribution in [3.05, 3.63) is 23.0 Å². The number of pyridine rings is 1. The molecule has 2 aromatic heterocycles. The zero-order valence-corrected chi connectivity index (χ0v) is 16.2. The van der Waals surface area contributed by atoms with Crippen LogP contribution >= 0.6 is 0 Å². The fourth-order valence-electron chi connectivity index (χ4n) is 3.27. The van der Waals surface area contributed by atoms with E-state index in [-0.39, 0.29) is 24.0 Å². The lowest BCUT2D eigenvalue weighted by molar-refractivity contribution is 0.0861. The van der Waals surface area contributed by atoms with E-state index in [1.807, 2.05) is 19.9 Å². The zero-order valence-electron chi connectivity index (χ0n) is 16.2. The Hall–Kier alpha value is -2.64. The van der Waals surface area contributed by atoms with E-state index in [1.165, 1.54) is 0 Å².